The average molecular weight is 640 g/mol. The van der Waals surface area contributed by atoms with Gasteiger partial charge in [0.1, 0.15) is 5.52 Å². The molecule has 1 fully saturated rings. The number of nitrogens with zero attached hydrogens (tertiary/aromatic N) is 5. The molecule has 1 saturated heterocycles. The molecule has 0 aliphatic carbocycles. The Hall–Kier alpha value is -2.25. The Labute approximate surface area is 239 Å². The molecule has 0 bridgehead atoms. The van der Waals surface area contributed by atoms with Gasteiger partial charge in [-0.05, 0) is 63.4 Å². The third-order valence-electron chi connectivity index (χ3n) is 6.60. The second-order valence-corrected chi connectivity index (χ2v) is 12.4. The number of benzene rings is 2. The van der Waals surface area contributed by atoms with Gasteiger partial charge in [-0.25, -0.2) is 13.8 Å². The molecule has 14 heteroatoms. The second kappa shape index (κ2) is 12.7. The Morgan fingerprint density at radius 2 is 1.98 bits per heavy atom. The van der Waals surface area contributed by atoms with Crippen LogP contribution in [0.5, 0.6) is 0 Å². The Morgan fingerprint density at radius 3 is 2.67 bits per heavy atom. The van der Waals surface area contributed by atoms with Gasteiger partial charge in [-0.1, -0.05) is 21.1 Å². The molecule has 1 aliphatic heterocycles. The number of halogens is 2. The first-order valence-electron chi connectivity index (χ1n) is 13.2. The molecule has 3 heterocycles. The quantitative estimate of drug-likeness (QED) is 0.169. The minimum absolute atomic E-state index is 0.0251. The van der Waals surface area contributed by atoms with E-state index in [1.807, 2.05) is 22.9 Å². The van der Waals surface area contributed by atoms with Gasteiger partial charge >= 0.3 is 7.60 Å². The van der Waals surface area contributed by atoms with Crippen LogP contribution >= 0.6 is 23.5 Å². The summed E-state index contributed by atoms with van der Waals surface area (Å²) in [6, 6.07) is 8.83. The van der Waals surface area contributed by atoms with E-state index in [9.17, 15) is 8.96 Å². The lowest BCUT2D eigenvalue weighted by atomic mass is 10.1. The SMILES string of the molecule is CCOP(=O)(OCC)C(COC)OCc1nn(C2CCCCO2)c2cc(-n3nnc4c(F)cc(Br)cc43)ccc12. The van der Waals surface area contributed by atoms with Crippen LogP contribution in [0.4, 0.5) is 4.39 Å². The van der Waals surface area contributed by atoms with Crippen LogP contribution in [0.1, 0.15) is 45.0 Å². The predicted octanol–water partition coefficient (Wildman–Crippen LogP) is 6.13. The first-order chi connectivity index (χ1) is 19.4. The number of fused-ring (bicyclic) bond motifs is 2. The third kappa shape index (κ3) is 5.87. The number of hydrogen-bond donors (Lipinski definition) is 0. The maximum absolute atomic E-state index is 14.5. The highest BCUT2D eigenvalue weighted by Gasteiger charge is 2.37. The van der Waals surface area contributed by atoms with E-state index in [-0.39, 0.29) is 38.2 Å². The summed E-state index contributed by atoms with van der Waals surface area (Å²) in [5, 5.41) is 14.0. The lowest BCUT2D eigenvalue weighted by Crippen LogP contribution is -2.23. The minimum atomic E-state index is -3.59. The topological polar surface area (TPSA) is 112 Å². The molecular formula is C26H32BrFN5O6P. The Bertz CT molecular complexity index is 1510. The average Bonchev–Trinajstić information content (AvgIpc) is 3.53. The van der Waals surface area contributed by atoms with E-state index in [1.54, 1.807) is 24.6 Å². The van der Waals surface area contributed by atoms with Gasteiger partial charge in [0.25, 0.3) is 0 Å². The fourth-order valence-corrected chi connectivity index (χ4v) is 6.95. The molecule has 1 aliphatic rings. The van der Waals surface area contributed by atoms with Gasteiger partial charge in [0.2, 0.25) is 0 Å². The van der Waals surface area contributed by atoms with Crippen molar-refractivity contribution in [3.63, 3.8) is 0 Å². The highest BCUT2D eigenvalue weighted by atomic mass is 79.9. The first kappa shape index (κ1) is 29.2. The van der Waals surface area contributed by atoms with E-state index < -0.39 is 19.3 Å². The molecule has 11 nitrogen and oxygen atoms in total. The molecule has 0 radical (unpaired) electrons. The number of rotatable bonds is 12. The monoisotopic (exact) mass is 639 g/mol. The zero-order chi connectivity index (χ0) is 28.3. The van der Waals surface area contributed by atoms with Crippen molar-refractivity contribution in [1.29, 1.82) is 0 Å². The van der Waals surface area contributed by atoms with E-state index in [1.165, 1.54) is 13.2 Å². The van der Waals surface area contributed by atoms with Crippen LogP contribution in [0.2, 0.25) is 0 Å². The molecule has 0 spiro atoms. The molecule has 0 saturated carbocycles. The summed E-state index contributed by atoms with van der Waals surface area (Å²) < 4.78 is 60.4. The van der Waals surface area contributed by atoms with Gasteiger partial charge in [0.15, 0.2) is 17.9 Å². The molecular weight excluding hydrogens is 608 g/mol. The Kier molecular flexibility index (Phi) is 9.31. The van der Waals surface area contributed by atoms with E-state index in [0.717, 1.165) is 30.2 Å². The molecule has 0 amide bonds. The number of methoxy groups -OCH3 is 1. The van der Waals surface area contributed by atoms with Gasteiger partial charge in [0, 0.05) is 23.6 Å². The Balaban J connectivity index is 1.54. The van der Waals surface area contributed by atoms with Crippen molar-refractivity contribution in [2.75, 3.05) is 33.5 Å². The lowest BCUT2D eigenvalue weighted by molar-refractivity contribution is -0.0377. The summed E-state index contributed by atoms with van der Waals surface area (Å²) in [4.78, 5) is 0. The van der Waals surface area contributed by atoms with Crippen molar-refractivity contribution < 1.29 is 32.2 Å². The molecule has 2 atom stereocenters. The molecule has 2 aromatic heterocycles. The van der Waals surface area contributed by atoms with Gasteiger partial charge in [-0.2, -0.15) is 5.10 Å². The van der Waals surface area contributed by atoms with Crippen LogP contribution in [-0.2, 0) is 34.4 Å². The molecule has 4 aromatic rings. The standard InChI is InChI=1S/C26H32BrFN5O6P/c1-4-38-40(34,39-5-2)25(16-35-3)37-15-21-19-10-9-18(14-22(19)33(30-21)24-8-6-7-11-36-24)32-23-13-17(27)12-20(28)26(23)29-31-32/h9-10,12-14,24-25H,4-8,11,15-16H2,1-3H3. The second-order valence-electron chi connectivity index (χ2n) is 9.27. The van der Waals surface area contributed by atoms with Crippen LogP contribution in [0.3, 0.4) is 0 Å². The minimum Gasteiger partial charge on any atom is -0.381 e. The normalized spacial score (nSPS) is 17.2. The van der Waals surface area contributed by atoms with Crippen LogP contribution in [-0.4, -0.2) is 64.2 Å². The predicted molar refractivity (Wildman–Crippen MR) is 150 cm³/mol. The summed E-state index contributed by atoms with van der Waals surface area (Å²) >= 11 is 3.35. The van der Waals surface area contributed by atoms with Crippen molar-refractivity contribution >= 4 is 45.5 Å². The van der Waals surface area contributed by atoms with Crippen molar-refractivity contribution in [2.45, 2.75) is 51.8 Å². The highest BCUT2D eigenvalue weighted by molar-refractivity contribution is 9.10. The van der Waals surface area contributed by atoms with E-state index in [2.05, 4.69) is 26.2 Å². The van der Waals surface area contributed by atoms with Gasteiger partial charge < -0.3 is 23.3 Å². The highest BCUT2D eigenvalue weighted by Crippen LogP contribution is 2.53. The summed E-state index contributed by atoms with van der Waals surface area (Å²) in [5.74, 6) is -1.39. The molecule has 216 valence electrons. The maximum atomic E-state index is 14.5. The fraction of sp³-hybridized carbons (Fsp3) is 0.500. The number of ether oxygens (including phenoxy) is 3. The summed E-state index contributed by atoms with van der Waals surface area (Å²) in [7, 11) is -2.09. The van der Waals surface area contributed by atoms with Crippen LogP contribution in [0.25, 0.3) is 27.6 Å². The van der Waals surface area contributed by atoms with E-state index >= 15 is 0 Å². The molecule has 0 N–H and O–H groups in total. The van der Waals surface area contributed by atoms with E-state index in [4.69, 9.17) is 28.4 Å². The first-order valence-corrected chi connectivity index (χ1v) is 15.6. The van der Waals surface area contributed by atoms with Gasteiger partial charge in [-0.15, -0.1) is 5.10 Å². The van der Waals surface area contributed by atoms with Crippen LogP contribution in [0.15, 0.2) is 34.8 Å². The smallest absolute Gasteiger partial charge is 0.361 e. The maximum Gasteiger partial charge on any atom is 0.361 e. The van der Waals surface area contributed by atoms with Gasteiger partial charge in [-0.3, -0.25) is 4.57 Å². The summed E-state index contributed by atoms with van der Waals surface area (Å²) in [6.45, 7) is 4.61. The number of aromatic nitrogens is 5. The zero-order valence-electron chi connectivity index (χ0n) is 22.6. The summed E-state index contributed by atoms with van der Waals surface area (Å²) in [5.41, 5.74) is 2.82. The van der Waals surface area contributed by atoms with Crippen LogP contribution in [0, 0.1) is 5.82 Å². The molecule has 2 aromatic carbocycles. The molecule has 2 unspecified atom stereocenters. The van der Waals surface area contributed by atoms with Crippen molar-refractivity contribution in [1.82, 2.24) is 24.8 Å². The Morgan fingerprint density at radius 1 is 1.18 bits per heavy atom. The van der Waals surface area contributed by atoms with E-state index in [0.29, 0.717) is 28.0 Å². The third-order valence-corrected chi connectivity index (χ3v) is 9.30. The van der Waals surface area contributed by atoms with Gasteiger partial charge in [0.05, 0.1) is 48.8 Å². The lowest BCUT2D eigenvalue weighted by Gasteiger charge is -2.25. The van der Waals surface area contributed by atoms with Crippen molar-refractivity contribution in [3.8, 4) is 5.69 Å². The molecule has 40 heavy (non-hydrogen) atoms. The fourth-order valence-electron chi connectivity index (χ4n) is 4.82. The van der Waals surface area contributed by atoms with Crippen LogP contribution < -0.4 is 0 Å². The van der Waals surface area contributed by atoms with Crippen molar-refractivity contribution in [2.24, 2.45) is 0 Å². The van der Waals surface area contributed by atoms with Crippen molar-refractivity contribution in [3.05, 3.63) is 46.3 Å². The zero-order valence-corrected chi connectivity index (χ0v) is 25.1. The number of hydrogen-bond acceptors (Lipinski definition) is 9. The molecule has 5 rings (SSSR count). The largest absolute Gasteiger partial charge is 0.381 e. The summed E-state index contributed by atoms with van der Waals surface area (Å²) in [6.07, 6.45) is 2.56.